The minimum Gasteiger partial charge on any atom is -0.507 e. The highest BCUT2D eigenvalue weighted by molar-refractivity contribution is 5.85. The lowest BCUT2D eigenvalue weighted by molar-refractivity contribution is 0.477. The molecule has 2 heterocycles. The zero-order valence-corrected chi connectivity index (χ0v) is 13.0. The number of hydrogen-bond acceptors (Lipinski definition) is 3. The summed E-state index contributed by atoms with van der Waals surface area (Å²) >= 11 is 0. The van der Waals surface area contributed by atoms with Crippen molar-refractivity contribution in [3.63, 3.8) is 0 Å². The fraction of sp³-hybridized carbons (Fsp3) is 0.222. The van der Waals surface area contributed by atoms with E-state index in [1.54, 1.807) is 18.5 Å². The quantitative estimate of drug-likeness (QED) is 0.787. The predicted octanol–water partition coefficient (Wildman–Crippen LogP) is 4.21. The van der Waals surface area contributed by atoms with Gasteiger partial charge in [-0.3, -0.25) is 9.67 Å². The van der Waals surface area contributed by atoms with Gasteiger partial charge in [0.25, 0.3) is 0 Å². The van der Waals surface area contributed by atoms with Crippen molar-refractivity contribution >= 4 is 0 Å². The number of benzene rings is 1. The van der Waals surface area contributed by atoms with Crippen LogP contribution in [0, 0.1) is 6.92 Å². The third-order valence-corrected chi connectivity index (χ3v) is 3.70. The van der Waals surface area contributed by atoms with Crippen molar-refractivity contribution in [2.24, 2.45) is 0 Å². The van der Waals surface area contributed by atoms with Crippen molar-refractivity contribution in [2.45, 2.75) is 26.8 Å². The van der Waals surface area contributed by atoms with Crippen molar-refractivity contribution in [1.29, 1.82) is 0 Å². The van der Waals surface area contributed by atoms with Crippen LogP contribution < -0.4 is 0 Å². The van der Waals surface area contributed by atoms with E-state index in [0.717, 1.165) is 28.1 Å². The summed E-state index contributed by atoms with van der Waals surface area (Å²) in [5.41, 5.74) is 4.73. The molecule has 0 atom stereocenters. The highest BCUT2D eigenvalue weighted by Crippen LogP contribution is 2.39. The second kappa shape index (κ2) is 5.64. The summed E-state index contributed by atoms with van der Waals surface area (Å²) < 4.78 is 2.01. The van der Waals surface area contributed by atoms with E-state index >= 15 is 0 Å². The van der Waals surface area contributed by atoms with Gasteiger partial charge < -0.3 is 5.11 Å². The normalized spacial score (nSPS) is 11.1. The van der Waals surface area contributed by atoms with Crippen LogP contribution in [-0.2, 0) is 0 Å². The predicted molar refractivity (Wildman–Crippen MR) is 87.7 cm³/mol. The average Bonchev–Trinajstić information content (AvgIpc) is 2.86. The fourth-order valence-electron chi connectivity index (χ4n) is 2.72. The molecule has 0 aliphatic heterocycles. The van der Waals surface area contributed by atoms with E-state index in [-0.39, 0.29) is 11.8 Å². The van der Waals surface area contributed by atoms with Crippen LogP contribution in [0.4, 0.5) is 0 Å². The first kappa shape index (κ1) is 14.3. The number of aromatic nitrogens is 3. The number of pyridine rings is 1. The Morgan fingerprint density at radius 1 is 1.05 bits per heavy atom. The van der Waals surface area contributed by atoms with Crippen LogP contribution in [-0.4, -0.2) is 19.9 Å². The lowest BCUT2D eigenvalue weighted by Gasteiger charge is -2.13. The molecule has 0 bridgehead atoms. The molecule has 0 spiro atoms. The van der Waals surface area contributed by atoms with Crippen LogP contribution in [0.15, 0.2) is 48.8 Å². The lowest BCUT2D eigenvalue weighted by atomic mass is 9.98. The number of phenols is 1. The van der Waals surface area contributed by atoms with Crippen molar-refractivity contribution in [3.8, 4) is 28.1 Å². The first-order chi connectivity index (χ1) is 10.6. The standard InChI is InChI=1S/C18H19N3O/c1-12(2)21-18(14-8-10-19-11-9-14)17(13(3)20-21)15-6-4-5-7-16(15)22/h4-12,22H,1-3H3. The first-order valence-electron chi connectivity index (χ1n) is 7.37. The summed E-state index contributed by atoms with van der Waals surface area (Å²) in [4.78, 5) is 4.09. The average molecular weight is 293 g/mol. The molecular weight excluding hydrogens is 274 g/mol. The molecule has 0 aliphatic carbocycles. The van der Waals surface area contributed by atoms with E-state index in [4.69, 9.17) is 0 Å². The molecular formula is C18H19N3O. The summed E-state index contributed by atoms with van der Waals surface area (Å²) in [6.07, 6.45) is 3.55. The summed E-state index contributed by atoms with van der Waals surface area (Å²) in [6, 6.07) is 11.6. The number of aryl methyl sites for hydroxylation is 1. The van der Waals surface area contributed by atoms with Gasteiger partial charge in [-0.15, -0.1) is 0 Å². The van der Waals surface area contributed by atoms with E-state index in [1.807, 2.05) is 41.9 Å². The second-order valence-electron chi connectivity index (χ2n) is 5.60. The number of para-hydroxylation sites is 1. The first-order valence-corrected chi connectivity index (χ1v) is 7.37. The van der Waals surface area contributed by atoms with Gasteiger partial charge >= 0.3 is 0 Å². The zero-order chi connectivity index (χ0) is 15.7. The third-order valence-electron chi connectivity index (χ3n) is 3.70. The maximum absolute atomic E-state index is 10.3. The largest absolute Gasteiger partial charge is 0.507 e. The Labute approximate surface area is 130 Å². The lowest BCUT2D eigenvalue weighted by Crippen LogP contribution is -2.05. The second-order valence-corrected chi connectivity index (χ2v) is 5.60. The van der Waals surface area contributed by atoms with Gasteiger partial charge in [0.1, 0.15) is 5.75 Å². The van der Waals surface area contributed by atoms with Gasteiger partial charge in [0.05, 0.1) is 11.4 Å². The van der Waals surface area contributed by atoms with Crippen LogP contribution in [0.5, 0.6) is 5.75 Å². The minimum atomic E-state index is 0.224. The van der Waals surface area contributed by atoms with E-state index in [1.165, 1.54) is 0 Å². The van der Waals surface area contributed by atoms with Gasteiger partial charge in [-0.25, -0.2) is 0 Å². The van der Waals surface area contributed by atoms with Crippen LogP contribution in [0.1, 0.15) is 25.6 Å². The zero-order valence-electron chi connectivity index (χ0n) is 13.0. The molecule has 0 radical (unpaired) electrons. The monoisotopic (exact) mass is 293 g/mol. The molecule has 0 saturated carbocycles. The molecule has 0 fully saturated rings. The van der Waals surface area contributed by atoms with Crippen molar-refractivity contribution in [2.75, 3.05) is 0 Å². The summed E-state index contributed by atoms with van der Waals surface area (Å²) in [5, 5.41) is 14.9. The molecule has 0 saturated heterocycles. The molecule has 1 aromatic carbocycles. The van der Waals surface area contributed by atoms with Gasteiger partial charge in [0.2, 0.25) is 0 Å². The Morgan fingerprint density at radius 2 is 1.73 bits per heavy atom. The van der Waals surface area contributed by atoms with Gasteiger partial charge in [-0.2, -0.15) is 5.10 Å². The summed E-state index contributed by atoms with van der Waals surface area (Å²) in [6.45, 7) is 6.18. The topological polar surface area (TPSA) is 50.9 Å². The van der Waals surface area contributed by atoms with E-state index < -0.39 is 0 Å². The van der Waals surface area contributed by atoms with Gasteiger partial charge in [-0.05, 0) is 39.0 Å². The Kier molecular flexibility index (Phi) is 3.67. The highest BCUT2D eigenvalue weighted by Gasteiger charge is 2.21. The number of nitrogens with zero attached hydrogens (tertiary/aromatic N) is 3. The molecule has 22 heavy (non-hydrogen) atoms. The molecule has 1 N–H and O–H groups in total. The van der Waals surface area contributed by atoms with Gasteiger partial charge in [0, 0.05) is 35.1 Å². The Morgan fingerprint density at radius 3 is 2.36 bits per heavy atom. The number of hydrogen-bond donors (Lipinski definition) is 1. The highest BCUT2D eigenvalue weighted by atomic mass is 16.3. The van der Waals surface area contributed by atoms with Crippen molar-refractivity contribution in [3.05, 3.63) is 54.5 Å². The van der Waals surface area contributed by atoms with E-state index in [9.17, 15) is 5.11 Å². The minimum absolute atomic E-state index is 0.224. The van der Waals surface area contributed by atoms with Crippen LogP contribution in [0.2, 0.25) is 0 Å². The molecule has 3 rings (SSSR count). The molecule has 112 valence electrons. The molecule has 3 aromatic rings. The molecule has 0 unspecified atom stereocenters. The number of phenolic OH excluding ortho intramolecular Hbond substituents is 1. The van der Waals surface area contributed by atoms with Crippen LogP contribution in [0.25, 0.3) is 22.4 Å². The van der Waals surface area contributed by atoms with Crippen LogP contribution in [0.3, 0.4) is 0 Å². The van der Waals surface area contributed by atoms with Gasteiger partial charge in [0.15, 0.2) is 0 Å². The summed E-state index contributed by atoms with van der Waals surface area (Å²) in [5.74, 6) is 0.268. The molecule has 0 aliphatic rings. The molecule has 4 heteroatoms. The molecule has 0 amide bonds. The Hall–Kier alpha value is -2.62. The maximum atomic E-state index is 10.3. The maximum Gasteiger partial charge on any atom is 0.123 e. The summed E-state index contributed by atoms with van der Waals surface area (Å²) in [7, 11) is 0. The van der Waals surface area contributed by atoms with Crippen LogP contribution >= 0.6 is 0 Å². The third kappa shape index (κ3) is 2.37. The van der Waals surface area contributed by atoms with E-state index in [2.05, 4.69) is 23.9 Å². The molecule has 4 nitrogen and oxygen atoms in total. The number of rotatable bonds is 3. The molecule has 2 aromatic heterocycles. The van der Waals surface area contributed by atoms with Gasteiger partial charge in [-0.1, -0.05) is 18.2 Å². The number of aromatic hydroxyl groups is 1. The fourth-order valence-corrected chi connectivity index (χ4v) is 2.72. The smallest absolute Gasteiger partial charge is 0.123 e. The Bertz CT molecular complexity index is 791. The van der Waals surface area contributed by atoms with E-state index in [0.29, 0.717) is 0 Å². The van der Waals surface area contributed by atoms with Crippen molar-refractivity contribution in [1.82, 2.24) is 14.8 Å². The SMILES string of the molecule is Cc1nn(C(C)C)c(-c2ccncc2)c1-c1ccccc1O. The van der Waals surface area contributed by atoms with Crippen molar-refractivity contribution < 1.29 is 5.11 Å². The Balaban J connectivity index is 2.34.